The maximum absolute atomic E-state index is 13.2. The van der Waals surface area contributed by atoms with Crippen molar-refractivity contribution in [3.63, 3.8) is 0 Å². The van der Waals surface area contributed by atoms with E-state index in [2.05, 4.69) is 58.4 Å². The molecule has 1 fully saturated rings. The van der Waals surface area contributed by atoms with Gasteiger partial charge in [-0.15, -0.1) is 0 Å². The average Bonchev–Trinajstić information content (AvgIpc) is 2.85. The van der Waals surface area contributed by atoms with Gasteiger partial charge < -0.3 is 15.6 Å². The smallest absolute Gasteiger partial charge is 0.255 e. The number of pyridine rings is 1. The topological polar surface area (TPSA) is 91.7 Å². The molecule has 1 aliphatic rings. The third-order valence-electron chi connectivity index (χ3n) is 5.86. The quantitative estimate of drug-likeness (QED) is 0.451. The number of nitrogens with zero attached hydrogens (tertiary/aromatic N) is 4. The standard InChI is InChI=1S/C26H30N6O/c1-30(28)19-24(27)22-16-23(18-29-17-22)26(33)32-14-12-31(13-15-32)25(20-8-4-2-5-9-20)21-10-6-3-7-11-21/h2-11,16-19,25H,12-15,27-28H2,1H3/b24-19-. The number of carbonyl (C=O) groups excluding carboxylic acids is 1. The Morgan fingerprint density at radius 3 is 2.03 bits per heavy atom. The fourth-order valence-electron chi connectivity index (χ4n) is 4.26. The first-order valence-electron chi connectivity index (χ1n) is 11.1. The summed E-state index contributed by atoms with van der Waals surface area (Å²) in [6.45, 7) is 2.87. The number of hydrogen-bond acceptors (Lipinski definition) is 6. The van der Waals surface area contributed by atoms with Crippen molar-refractivity contribution >= 4 is 11.6 Å². The van der Waals surface area contributed by atoms with Crippen LogP contribution in [0, 0.1) is 0 Å². The predicted octanol–water partition coefficient (Wildman–Crippen LogP) is 2.69. The molecule has 1 aliphatic heterocycles. The summed E-state index contributed by atoms with van der Waals surface area (Å²) >= 11 is 0. The fourth-order valence-corrected chi connectivity index (χ4v) is 4.26. The zero-order chi connectivity index (χ0) is 23.2. The Balaban J connectivity index is 1.48. The molecule has 0 saturated carbocycles. The first-order valence-corrected chi connectivity index (χ1v) is 11.1. The summed E-state index contributed by atoms with van der Waals surface area (Å²) in [4.78, 5) is 21.7. The molecule has 1 amide bonds. The molecular weight excluding hydrogens is 412 g/mol. The van der Waals surface area contributed by atoms with Crippen molar-refractivity contribution in [1.29, 1.82) is 0 Å². The van der Waals surface area contributed by atoms with Crippen LogP contribution in [-0.2, 0) is 0 Å². The molecule has 3 aromatic rings. The first-order chi connectivity index (χ1) is 16.0. The number of benzene rings is 2. The van der Waals surface area contributed by atoms with Gasteiger partial charge in [-0.25, -0.2) is 5.84 Å². The van der Waals surface area contributed by atoms with Crippen molar-refractivity contribution < 1.29 is 4.79 Å². The maximum Gasteiger partial charge on any atom is 0.255 e. The van der Waals surface area contributed by atoms with Crippen LogP contribution in [0.2, 0.25) is 0 Å². The fraction of sp³-hybridized carbons (Fsp3) is 0.231. The van der Waals surface area contributed by atoms with E-state index in [0.29, 0.717) is 29.9 Å². The van der Waals surface area contributed by atoms with Crippen LogP contribution >= 0.6 is 0 Å². The third-order valence-corrected chi connectivity index (χ3v) is 5.86. The minimum Gasteiger partial charge on any atom is -0.397 e. The van der Waals surface area contributed by atoms with E-state index in [1.807, 2.05) is 17.0 Å². The summed E-state index contributed by atoms with van der Waals surface area (Å²) in [5.41, 5.74) is 10.2. The molecule has 2 aromatic carbocycles. The minimum atomic E-state index is -0.0334. The van der Waals surface area contributed by atoms with E-state index < -0.39 is 0 Å². The van der Waals surface area contributed by atoms with Gasteiger partial charge in [-0.05, 0) is 17.2 Å². The summed E-state index contributed by atoms with van der Waals surface area (Å²) in [5.74, 6) is 5.61. The van der Waals surface area contributed by atoms with Gasteiger partial charge in [0.15, 0.2) is 0 Å². The van der Waals surface area contributed by atoms with Gasteiger partial charge in [-0.1, -0.05) is 60.7 Å². The molecule has 0 atom stereocenters. The maximum atomic E-state index is 13.2. The van der Waals surface area contributed by atoms with Crippen LogP contribution in [0.5, 0.6) is 0 Å². The van der Waals surface area contributed by atoms with E-state index in [-0.39, 0.29) is 11.9 Å². The van der Waals surface area contributed by atoms with Crippen molar-refractivity contribution in [2.45, 2.75) is 6.04 Å². The van der Waals surface area contributed by atoms with Crippen molar-refractivity contribution in [2.24, 2.45) is 11.6 Å². The van der Waals surface area contributed by atoms with E-state index >= 15 is 0 Å². The monoisotopic (exact) mass is 442 g/mol. The van der Waals surface area contributed by atoms with Gasteiger partial charge in [-0.3, -0.25) is 14.7 Å². The number of amides is 1. The third kappa shape index (κ3) is 5.39. The van der Waals surface area contributed by atoms with Gasteiger partial charge in [-0.2, -0.15) is 0 Å². The second-order valence-corrected chi connectivity index (χ2v) is 8.26. The Kier molecular flexibility index (Phi) is 7.02. The lowest BCUT2D eigenvalue weighted by molar-refractivity contribution is 0.0597. The van der Waals surface area contributed by atoms with Gasteiger partial charge in [0.2, 0.25) is 0 Å². The Morgan fingerprint density at radius 2 is 1.48 bits per heavy atom. The molecule has 2 heterocycles. The number of aromatic nitrogens is 1. The van der Waals surface area contributed by atoms with Gasteiger partial charge >= 0.3 is 0 Å². The van der Waals surface area contributed by atoms with Crippen LogP contribution in [-0.4, -0.2) is 58.9 Å². The molecule has 4 N–H and O–H groups in total. The summed E-state index contributed by atoms with van der Waals surface area (Å²) < 4.78 is 0. The highest BCUT2D eigenvalue weighted by atomic mass is 16.2. The minimum absolute atomic E-state index is 0.0334. The van der Waals surface area contributed by atoms with E-state index in [1.54, 1.807) is 31.7 Å². The zero-order valence-corrected chi connectivity index (χ0v) is 18.8. The van der Waals surface area contributed by atoms with Crippen LogP contribution < -0.4 is 11.6 Å². The Labute approximate surface area is 194 Å². The number of hydrazine groups is 1. The molecule has 7 nitrogen and oxygen atoms in total. The predicted molar refractivity (Wildman–Crippen MR) is 131 cm³/mol. The summed E-state index contributed by atoms with van der Waals surface area (Å²) in [5, 5.41) is 1.37. The number of hydrogen-bond donors (Lipinski definition) is 2. The normalized spacial score (nSPS) is 15.0. The van der Waals surface area contributed by atoms with E-state index in [9.17, 15) is 4.79 Å². The second kappa shape index (κ2) is 10.3. The number of piperazine rings is 1. The lowest BCUT2D eigenvalue weighted by atomic mass is 9.96. The van der Waals surface area contributed by atoms with Crippen molar-refractivity contribution in [3.05, 3.63) is 108 Å². The Morgan fingerprint density at radius 1 is 0.939 bits per heavy atom. The van der Waals surface area contributed by atoms with Crippen molar-refractivity contribution in [3.8, 4) is 0 Å². The molecule has 1 saturated heterocycles. The molecule has 0 radical (unpaired) electrons. The molecule has 170 valence electrons. The highest BCUT2D eigenvalue weighted by molar-refractivity contribution is 5.94. The molecule has 7 heteroatoms. The van der Waals surface area contributed by atoms with Crippen molar-refractivity contribution in [2.75, 3.05) is 33.2 Å². The second-order valence-electron chi connectivity index (χ2n) is 8.26. The van der Waals surface area contributed by atoms with E-state index in [4.69, 9.17) is 11.6 Å². The van der Waals surface area contributed by atoms with Gasteiger partial charge in [0.25, 0.3) is 5.91 Å². The Hall–Kier alpha value is -3.68. The molecule has 0 spiro atoms. The lowest BCUT2D eigenvalue weighted by Crippen LogP contribution is -2.49. The molecule has 33 heavy (non-hydrogen) atoms. The van der Waals surface area contributed by atoms with Gasteiger partial charge in [0.05, 0.1) is 17.3 Å². The first kappa shape index (κ1) is 22.5. The molecule has 0 unspecified atom stereocenters. The van der Waals surface area contributed by atoms with Crippen molar-refractivity contribution in [1.82, 2.24) is 19.8 Å². The average molecular weight is 443 g/mol. The number of nitrogens with two attached hydrogens (primary N) is 2. The highest BCUT2D eigenvalue weighted by Crippen LogP contribution is 2.29. The highest BCUT2D eigenvalue weighted by Gasteiger charge is 2.28. The largest absolute Gasteiger partial charge is 0.397 e. The summed E-state index contributed by atoms with van der Waals surface area (Å²) in [7, 11) is 1.69. The summed E-state index contributed by atoms with van der Waals surface area (Å²) in [6, 6.07) is 23.0. The van der Waals surface area contributed by atoms with Crippen LogP contribution in [0.3, 0.4) is 0 Å². The number of carbonyl (C=O) groups is 1. The zero-order valence-electron chi connectivity index (χ0n) is 18.8. The van der Waals surface area contributed by atoms with E-state index in [1.165, 1.54) is 16.1 Å². The summed E-state index contributed by atoms with van der Waals surface area (Å²) in [6.07, 6.45) is 4.82. The molecule has 1 aromatic heterocycles. The molecular formula is C26H30N6O. The Bertz CT molecular complexity index is 1050. The van der Waals surface area contributed by atoms with Crippen LogP contribution in [0.1, 0.15) is 33.1 Å². The van der Waals surface area contributed by atoms with E-state index in [0.717, 1.165) is 13.1 Å². The lowest BCUT2D eigenvalue weighted by Gasteiger charge is -2.39. The molecule has 0 bridgehead atoms. The van der Waals surface area contributed by atoms with Gasteiger partial charge in [0, 0.05) is 57.4 Å². The van der Waals surface area contributed by atoms with Crippen LogP contribution in [0.4, 0.5) is 0 Å². The molecule has 4 rings (SSSR count). The van der Waals surface area contributed by atoms with Crippen LogP contribution in [0.15, 0.2) is 85.3 Å². The molecule has 0 aliphatic carbocycles. The van der Waals surface area contributed by atoms with Crippen LogP contribution in [0.25, 0.3) is 5.70 Å². The number of rotatable bonds is 6. The SMILES string of the molecule is CN(N)/C=C(\N)c1cncc(C(=O)N2CCN(C(c3ccccc3)c3ccccc3)CC2)c1. The van der Waals surface area contributed by atoms with Gasteiger partial charge in [0.1, 0.15) is 0 Å².